The molecule has 3 heterocycles. The van der Waals surface area contributed by atoms with Crippen LogP contribution in [-0.2, 0) is 36.5 Å². The Kier molecular flexibility index (Phi) is 5.20. The normalized spacial score (nSPS) is 28.6. The Balaban J connectivity index is 1.27. The number of likely N-dealkylation sites (tertiary alicyclic amines) is 1. The van der Waals surface area contributed by atoms with Gasteiger partial charge in [0.2, 0.25) is 0 Å². The van der Waals surface area contributed by atoms with Gasteiger partial charge < -0.3 is 24.0 Å². The SMILES string of the molecule is COc1ccc2c3c1O[C@H]1c4c(cc(/C=C/C(=O)CCc5ccccc5)n4C)C[C@@]4(O)[C@@H](C2)N(C)CC[C@]314. The first-order chi connectivity index (χ1) is 18.4. The minimum absolute atomic E-state index is 0.0149. The molecule has 2 aliphatic carbocycles. The van der Waals surface area contributed by atoms with Gasteiger partial charge in [-0.3, -0.25) is 4.79 Å². The van der Waals surface area contributed by atoms with Crippen LogP contribution in [0.1, 0.15) is 52.6 Å². The summed E-state index contributed by atoms with van der Waals surface area (Å²) in [5, 5.41) is 12.6. The Labute approximate surface area is 223 Å². The summed E-state index contributed by atoms with van der Waals surface area (Å²) in [4.78, 5) is 15.0. The number of carbonyl (C=O) groups is 1. The number of hydrogen-bond acceptors (Lipinski definition) is 5. The lowest BCUT2D eigenvalue weighted by molar-refractivity contribution is -0.168. The lowest BCUT2D eigenvalue weighted by Crippen LogP contribution is -2.73. The van der Waals surface area contributed by atoms with E-state index in [0.717, 1.165) is 59.8 Å². The third kappa shape index (κ3) is 3.04. The minimum atomic E-state index is -0.948. The van der Waals surface area contributed by atoms with Crippen molar-refractivity contribution in [1.82, 2.24) is 9.47 Å². The van der Waals surface area contributed by atoms with Gasteiger partial charge in [-0.05, 0) is 73.8 Å². The summed E-state index contributed by atoms with van der Waals surface area (Å²) in [5.41, 5.74) is 5.26. The highest BCUT2D eigenvalue weighted by Crippen LogP contribution is 2.68. The maximum atomic E-state index is 12.7. The summed E-state index contributed by atoms with van der Waals surface area (Å²) in [6.07, 6.45) is 6.70. The molecule has 0 unspecified atom stereocenters. The number of carbonyl (C=O) groups excluding carboxylic acids is 1. The van der Waals surface area contributed by atoms with Crippen molar-refractivity contribution in [2.45, 2.75) is 55.3 Å². The van der Waals surface area contributed by atoms with E-state index in [2.05, 4.69) is 40.8 Å². The van der Waals surface area contributed by atoms with Gasteiger partial charge in [0.25, 0.3) is 0 Å². The largest absolute Gasteiger partial charge is 0.493 e. The van der Waals surface area contributed by atoms with E-state index in [1.54, 1.807) is 13.2 Å². The van der Waals surface area contributed by atoms with Gasteiger partial charge in [-0.2, -0.15) is 0 Å². The minimum Gasteiger partial charge on any atom is -0.493 e. The average molecular weight is 511 g/mol. The van der Waals surface area contributed by atoms with Crippen LogP contribution in [0.4, 0.5) is 0 Å². The number of ketones is 1. The molecule has 196 valence electrons. The summed E-state index contributed by atoms with van der Waals surface area (Å²) < 4.78 is 14.7. The van der Waals surface area contributed by atoms with Gasteiger partial charge in [0.15, 0.2) is 23.4 Å². The molecule has 7 rings (SSSR count). The van der Waals surface area contributed by atoms with Gasteiger partial charge in [0, 0.05) is 37.2 Å². The highest BCUT2D eigenvalue weighted by atomic mass is 16.5. The molecular formula is C32H34N2O4. The highest BCUT2D eigenvalue weighted by Gasteiger charge is 2.72. The Morgan fingerprint density at radius 3 is 2.79 bits per heavy atom. The Morgan fingerprint density at radius 2 is 2.00 bits per heavy atom. The molecule has 6 nitrogen and oxygen atoms in total. The van der Waals surface area contributed by atoms with Crippen LogP contribution in [0, 0.1) is 0 Å². The first kappa shape index (κ1) is 23.7. The molecule has 1 spiro atoms. The van der Waals surface area contributed by atoms with Crippen LogP contribution in [0.3, 0.4) is 0 Å². The van der Waals surface area contributed by atoms with Crippen molar-refractivity contribution in [2.24, 2.45) is 7.05 Å². The number of aliphatic hydroxyl groups is 1. The van der Waals surface area contributed by atoms with E-state index in [0.29, 0.717) is 12.8 Å². The monoisotopic (exact) mass is 510 g/mol. The number of allylic oxidation sites excluding steroid dienone is 1. The number of fused-ring (bicyclic) bond motifs is 2. The second-order valence-electron chi connectivity index (χ2n) is 11.5. The van der Waals surface area contributed by atoms with Gasteiger partial charge in [0.1, 0.15) is 0 Å². The number of aromatic nitrogens is 1. The fraction of sp³-hybridized carbons (Fsp3) is 0.406. The summed E-state index contributed by atoms with van der Waals surface area (Å²) in [6.45, 7) is 0.908. The number of methoxy groups -OCH3 is 1. The number of hydrogen-bond donors (Lipinski definition) is 1. The molecule has 0 saturated carbocycles. The number of ether oxygens (including phenoxy) is 2. The molecule has 2 bridgehead atoms. The number of benzene rings is 2. The van der Waals surface area contributed by atoms with E-state index in [9.17, 15) is 9.90 Å². The first-order valence-corrected chi connectivity index (χ1v) is 13.6. The van der Waals surface area contributed by atoms with Crippen molar-refractivity contribution < 1.29 is 19.4 Å². The number of aryl methyl sites for hydroxylation is 1. The Hall–Kier alpha value is -3.35. The van der Waals surface area contributed by atoms with Crippen molar-refractivity contribution in [1.29, 1.82) is 0 Å². The van der Waals surface area contributed by atoms with Crippen LogP contribution in [-0.4, -0.2) is 52.7 Å². The molecule has 1 fully saturated rings. The molecule has 1 N–H and O–H groups in total. The summed E-state index contributed by atoms with van der Waals surface area (Å²) in [5.74, 6) is 1.63. The summed E-state index contributed by atoms with van der Waals surface area (Å²) in [6, 6.07) is 16.4. The number of piperidine rings is 1. The van der Waals surface area contributed by atoms with Gasteiger partial charge in [-0.1, -0.05) is 36.4 Å². The van der Waals surface area contributed by atoms with Crippen molar-refractivity contribution in [3.8, 4) is 11.5 Å². The van der Waals surface area contributed by atoms with E-state index < -0.39 is 11.0 Å². The van der Waals surface area contributed by atoms with E-state index >= 15 is 0 Å². The van der Waals surface area contributed by atoms with E-state index in [1.807, 2.05) is 37.4 Å². The number of rotatable bonds is 6. The fourth-order valence-corrected chi connectivity index (χ4v) is 7.89. The van der Waals surface area contributed by atoms with E-state index in [4.69, 9.17) is 9.47 Å². The van der Waals surface area contributed by atoms with Crippen LogP contribution in [0.25, 0.3) is 6.08 Å². The maximum absolute atomic E-state index is 12.7. The fourth-order valence-electron chi connectivity index (χ4n) is 7.89. The van der Waals surface area contributed by atoms with Crippen molar-refractivity contribution in [2.75, 3.05) is 20.7 Å². The molecule has 1 saturated heterocycles. The summed E-state index contributed by atoms with van der Waals surface area (Å²) in [7, 11) is 5.86. The van der Waals surface area contributed by atoms with Crippen molar-refractivity contribution in [3.63, 3.8) is 0 Å². The third-order valence-corrected chi connectivity index (χ3v) is 9.74. The maximum Gasteiger partial charge on any atom is 0.166 e. The van der Waals surface area contributed by atoms with Crippen LogP contribution >= 0.6 is 0 Å². The topological polar surface area (TPSA) is 63.9 Å². The quantitative estimate of drug-likeness (QED) is 0.505. The van der Waals surface area contributed by atoms with Gasteiger partial charge >= 0.3 is 0 Å². The third-order valence-electron chi connectivity index (χ3n) is 9.74. The Bertz CT molecular complexity index is 1470. The van der Waals surface area contributed by atoms with Crippen LogP contribution in [0.5, 0.6) is 11.5 Å². The molecule has 1 aromatic heterocycles. The molecule has 38 heavy (non-hydrogen) atoms. The Morgan fingerprint density at radius 1 is 1.18 bits per heavy atom. The molecule has 2 aromatic carbocycles. The van der Waals surface area contributed by atoms with Gasteiger partial charge in [-0.25, -0.2) is 0 Å². The first-order valence-electron chi connectivity index (χ1n) is 13.6. The second kappa shape index (κ2) is 8.32. The molecular weight excluding hydrogens is 476 g/mol. The lowest BCUT2D eigenvalue weighted by Gasteiger charge is -2.62. The smallest absolute Gasteiger partial charge is 0.166 e. The van der Waals surface area contributed by atoms with E-state index in [1.165, 1.54) is 11.1 Å². The second-order valence-corrected chi connectivity index (χ2v) is 11.5. The zero-order valence-electron chi connectivity index (χ0n) is 22.2. The van der Waals surface area contributed by atoms with Crippen molar-refractivity contribution >= 4 is 11.9 Å². The van der Waals surface area contributed by atoms with Gasteiger partial charge in [0.05, 0.1) is 23.8 Å². The average Bonchev–Trinajstić information content (AvgIpc) is 3.42. The number of nitrogens with zero attached hydrogens (tertiary/aromatic N) is 2. The predicted octanol–water partition coefficient (Wildman–Crippen LogP) is 4.17. The van der Waals surface area contributed by atoms with Crippen molar-refractivity contribution in [3.05, 3.63) is 88.2 Å². The molecule has 0 amide bonds. The molecule has 3 aromatic rings. The highest BCUT2D eigenvalue weighted by molar-refractivity contribution is 5.93. The zero-order chi connectivity index (χ0) is 26.2. The van der Waals surface area contributed by atoms with Crippen LogP contribution in [0.2, 0.25) is 0 Å². The van der Waals surface area contributed by atoms with E-state index in [-0.39, 0.29) is 17.9 Å². The molecule has 4 aliphatic rings. The summed E-state index contributed by atoms with van der Waals surface area (Å²) >= 11 is 0. The standard InChI is InChI=1S/C32H34N2O4/c1-33-16-15-31-27-21-10-14-25(37-3)29(27)38-30(31)28-22(19-32(31,36)26(33)18-21)17-23(34(28)2)11-13-24(35)12-9-20-7-5-4-6-8-20/h4-8,10-11,13-14,17,26,30,36H,9,12,15-16,18-19H2,1-3H3/b13-11+/t26-,30+,31+,32-/m1/s1. The zero-order valence-corrected chi connectivity index (χ0v) is 22.2. The number of likely N-dealkylation sites (N-methyl/N-ethyl adjacent to an activating group) is 1. The molecule has 6 heteroatoms. The van der Waals surface area contributed by atoms with Gasteiger partial charge in [-0.15, -0.1) is 0 Å². The molecule has 4 atom stereocenters. The predicted molar refractivity (Wildman–Crippen MR) is 146 cm³/mol. The molecule has 2 aliphatic heterocycles. The lowest BCUT2D eigenvalue weighted by atomic mass is 9.49. The van der Waals surface area contributed by atoms with Crippen LogP contribution < -0.4 is 9.47 Å². The molecule has 0 radical (unpaired) electrons. The van der Waals surface area contributed by atoms with Crippen LogP contribution in [0.15, 0.2) is 54.6 Å².